The number of nitrogens with zero attached hydrogens (tertiary/aromatic N) is 1. The van der Waals surface area contributed by atoms with Gasteiger partial charge in [0.1, 0.15) is 0 Å². The van der Waals surface area contributed by atoms with Gasteiger partial charge in [0.2, 0.25) is 0 Å². The zero-order valence-corrected chi connectivity index (χ0v) is 20.9. The first-order valence-corrected chi connectivity index (χ1v) is 12.8. The summed E-state index contributed by atoms with van der Waals surface area (Å²) in [5.41, 5.74) is 11.5. The number of rotatable bonds is 7. The van der Waals surface area contributed by atoms with Gasteiger partial charge in [0.25, 0.3) is 5.69 Å². The zero-order chi connectivity index (χ0) is 24.3. The maximum atomic E-state index is 10.6. The molecular weight excluding hydrogens is 460 g/mol. The minimum Gasteiger partial charge on any atom is -0.399 e. The first kappa shape index (κ1) is 25.4. The van der Waals surface area contributed by atoms with Gasteiger partial charge in [-0.3, -0.25) is 10.1 Å². The normalized spacial score (nSPS) is 10.3. The topological polar surface area (TPSA) is 69.2 Å². The summed E-state index contributed by atoms with van der Waals surface area (Å²) in [5.74, 6) is 1.88. The van der Waals surface area contributed by atoms with Gasteiger partial charge < -0.3 is 5.73 Å². The Labute approximate surface area is 209 Å². The van der Waals surface area contributed by atoms with Crippen LogP contribution < -0.4 is 5.73 Å². The van der Waals surface area contributed by atoms with Crippen LogP contribution in [0.3, 0.4) is 0 Å². The lowest BCUT2D eigenvalue weighted by atomic mass is 10.2. The van der Waals surface area contributed by atoms with Gasteiger partial charge in [-0.25, -0.2) is 0 Å². The van der Waals surface area contributed by atoms with Crippen molar-refractivity contribution in [3.8, 4) is 0 Å². The van der Waals surface area contributed by atoms with Gasteiger partial charge in [-0.05, 0) is 60.4 Å². The average molecular weight is 489 g/mol. The lowest BCUT2D eigenvalue weighted by molar-refractivity contribution is -0.385. The van der Waals surface area contributed by atoms with Crippen molar-refractivity contribution in [1.29, 1.82) is 0 Å². The van der Waals surface area contributed by atoms with Gasteiger partial charge >= 0.3 is 0 Å². The van der Waals surface area contributed by atoms with Crippen LogP contribution in [0.25, 0.3) is 0 Å². The van der Waals surface area contributed by atoms with Gasteiger partial charge in [-0.2, -0.15) is 0 Å². The number of nitrogen functional groups attached to an aromatic ring is 1. The molecule has 0 amide bonds. The summed E-state index contributed by atoms with van der Waals surface area (Å²) in [4.78, 5) is 12.7. The number of aryl methyl sites for hydroxylation is 2. The van der Waals surface area contributed by atoms with Gasteiger partial charge in [-0.15, -0.1) is 23.5 Å². The van der Waals surface area contributed by atoms with E-state index in [1.54, 1.807) is 23.9 Å². The van der Waals surface area contributed by atoms with Gasteiger partial charge in [0.15, 0.2) is 0 Å². The molecule has 0 aliphatic carbocycles. The van der Waals surface area contributed by atoms with E-state index in [0.29, 0.717) is 0 Å². The molecule has 0 heterocycles. The second-order valence-corrected chi connectivity index (χ2v) is 9.81. The van der Waals surface area contributed by atoms with E-state index in [1.807, 2.05) is 61.2 Å². The summed E-state index contributed by atoms with van der Waals surface area (Å²) in [6.45, 7) is 4.00. The van der Waals surface area contributed by atoms with E-state index in [2.05, 4.69) is 49.4 Å². The van der Waals surface area contributed by atoms with Crippen LogP contribution in [-0.4, -0.2) is 4.92 Å². The third-order valence-corrected chi connectivity index (χ3v) is 7.54. The van der Waals surface area contributed by atoms with Gasteiger partial charge in [-0.1, -0.05) is 60.7 Å². The molecule has 174 valence electrons. The Morgan fingerprint density at radius 2 is 1.18 bits per heavy atom. The molecule has 2 N–H and O–H groups in total. The molecule has 4 nitrogen and oxygen atoms in total. The predicted molar refractivity (Wildman–Crippen MR) is 145 cm³/mol. The van der Waals surface area contributed by atoms with E-state index in [9.17, 15) is 10.1 Å². The predicted octanol–water partition coefficient (Wildman–Crippen LogP) is 8.07. The molecule has 0 aromatic heterocycles. The van der Waals surface area contributed by atoms with Crippen LogP contribution in [-0.2, 0) is 11.5 Å². The molecule has 0 saturated carbocycles. The van der Waals surface area contributed by atoms with E-state index in [4.69, 9.17) is 5.73 Å². The average Bonchev–Trinajstić information content (AvgIpc) is 2.84. The number of non-ortho nitro benzene ring substituents is 1. The summed E-state index contributed by atoms with van der Waals surface area (Å²) in [6.07, 6.45) is 0. The number of nitrogens with two attached hydrogens (primary N) is 1. The molecule has 4 aromatic rings. The van der Waals surface area contributed by atoms with E-state index < -0.39 is 0 Å². The Morgan fingerprint density at radius 1 is 0.706 bits per heavy atom. The fraction of sp³-hybridized carbons (Fsp3) is 0.143. The molecule has 34 heavy (non-hydrogen) atoms. The standard InChI is InChI=1S/C14H13NO2S.C14H15NS/c1-11-9-13(15(16)17)7-8-14(11)18-10-12-5-3-2-4-6-12;1-11-9-13(15)7-8-14(11)16-10-12-5-3-2-4-6-12/h2-9H,10H2,1H3;2-9H,10,15H2,1H3. The molecule has 0 unspecified atom stereocenters. The Balaban J connectivity index is 0.000000192. The molecule has 0 spiro atoms. The highest BCUT2D eigenvalue weighted by atomic mass is 32.2. The lowest BCUT2D eigenvalue weighted by Crippen LogP contribution is -1.90. The van der Waals surface area contributed by atoms with Crippen LogP contribution in [0.4, 0.5) is 11.4 Å². The highest BCUT2D eigenvalue weighted by Gasteiger charge is 2.08. The van der Waals surface area contributed by atoms with Crippen molar-refractivity contribution in [2.45, 2.75) is 35.1 Å². The highest BCUT2D eigenvalue weighted by Crippen LogP contribution is 2.29. The summed E-state index contributed by atoms with van der Waals surface area (Å²) >= 11 is 3.55. The fourth-order valence-electron chi connectivity index (χ4n) is 3.21. The molecular formula is C28H28N2O2S2. The summed E-state index contributed by atoms with van der Waals surface area (Å²) in [7, 11) is 0. The van der Waals surface area contributed by atoms with E-state index in [1.165, 1.54) is 21.6 Å². The summed E-state index contributed by atoms with van der Waals surface area (Å²) in [6, 6.07) is 31.7. The van der Waals surface area contributed by atoms with Gasteiger partial charge in [0.05, 0.1) is 4.92 Å². The number of anilines is 1. The SMILES string of the molecule is Cc1cc(N)ccc1SCc1ccccc1.Cc1cc([N+](=O)[O-])ccc1SCc1ccccc1. The minimum absolute atomic E-state index is 0.150. The second-order valence-electron chi connectivity index (χ2n) is 7.78. The molecule has 0 bridgehead atoms. The molecule has 6 heteroatoms. The minimum atomic E-state index is -0.362. The monoisotopic (exact) mass is 488 g/mol. The number of hydrogen-bond acceptors (Lipinski definition) is 5. The Bertz CT molecular complexity index is 1220. The summed E-state index contributed by atoms with van der Waals surface area (Å²) < 4.78 is 0. The van der Waals surface area contributed by atoms with Crippen molar-refractivity contribution in [1.82, 2.24) is 0 Å². The Kier molecular flexibility index (Phi) is 9.62. The number of nitro groups is 1. The first-order valence-electron chi connectivity index (χ1n) is 10.9. The largest absolute Gasteiger partial charge is 0.399 e. The maximum absolute atomic E-state index is 10.6. The van der Waals surface area contributed by atoms with E-state index in [0.717, 1.165) is 27.7 Å². The van der Waals surface area contributed by atoms with Gasteiger partial charge in [0, 0.05) is 39.1 Å². The Hall–Kier alpha value is -3.22. The van der Waals surface area contributed by atoms with Crippen LogP contribution in [0.2, 0.25) is 0 Å². The number of benzene rings is 4. The van der Waals surface area contributed by atoms with Crippen molar-refractivity contribution in [2.24, 2.45) is 0 Å². The molecule has 0 atom stereocenters. The van der Waals surface area contributed by atoms with Crippen LogP contribution >= 0.6 is 23.5 Å². The molecule has 0 aliphatic heterocycles. The molecule has 4 rings (SSSR count). The highest BCUT2D eigenvalue weighted by molar-refractivity contribution is 7.98. The van der Waals surface area contributed by atoms with Crippen LogP contribution in [0.5, 0.6) is 0 Å². The lowest BCUT2D eigenvalue weighted by Gasteiger charge is -2.06. The summed E-state index contributed by atoms with van der Waals surface area (Å²) in [5, 5.41) is 10.6. The van der Waals surface area contributed by atoms with E-state index >= 15 is 0 Å². The van der Waals surface area contributed by atoms with Crippen molar-refractivity contribution < 1.29 is 4.92 Å². The second kappa shape index (κ2) is 12.9. The maximum Gasteiger partial charge on any atom is 0.269 e. The third-order valence-electron chi connectivity index (χ3n) is 5.04. The number of thioether (sulfide) groups is 2. The molecule has 4 aromatic carbocycles. The van der Waals surface area contributed by atoms with Crippen LogP contribution in [0, 0.1) is 24.0 Å². The number of hydrogen-bond donors (Lipinski definition) is 1. The molecule has 0 aliphatic rings. The smallest absolute Gasteiger partial charge is 0.269 e. The quantitative estimate of drug-likeness (QED) is 0.123. The van der Waals surface area contributed by atoms with Crippen molar-refractivity contribution in [3.63, 3.8) is 0 Å². The number of nitro benzene ring substituents is 1. The van der Waals surface area contributed by atoms with Crippen molar-refractivity contribution in [3.05, 3.63) is 129 Å². The van der Waals surface area contributed by atoms with Crippen LogP contribution in [0.15, 0.2) is 107 Å². The molecule has 0 fully saturated rings. The van der Waals surface area contributed by atoms with Crippen molar-refractivity contribution >= 4 is 34.9 Å². The zero-order valence-electron chi connectivity index (χ0n) is 19.3. The molecule has 0 radical (unpaired) electrons. The fourth-order valence-corrected chi connectivity index (χ4v) is 5.15. The molecule has 0 saturated heterocycles. The van der Waals surface area contributed by atoms with Crippen molar-refractivity contribution in [2.75, 3.05) is 5.73 Å². The Morgan fingerprint density at radius 3 is 1.62 bits per heavy atom. The first-order chi connectivity index (χ1) is 16.4. The van der Waals surface area contributed by atoms with E-state index in [-0.39, 0.29) is 10.6 Å². The van der Waals surface area contributed by atoms with Crippen LogP contribution in [0.1, 0.15) is 22.3 Å². The third kappa shape index (κ3) is 7.97.